The molecule has 1 aromatic heterocycles. The molecular weight excluding hydrogens is 366 g/mol. The van der Waals surface area contributed by atoms with Crippen LogP contribution in [0.3, 0.4) is 0 Å². The van der Waals surface area contributed by atoms with E-state index in [1.165, 1.54) is 13.3 Å². The molecule has 0 saturated heterocycles. The van der Waals surface area contributed by atoms with Gasteiger partial charge in [0, 0.05) is 5.69 Å². The largest absolute Gasteiger partial charge is 0.465 e. The van der Waals surface area contributed by atoms with E-state index < -0.39 is 5.97 Å². The molecule has 3 rings (SSSR count). The highest BCUT2D eigenvalue weighted by molar-refractivity contribution is 6.33. The molecule has 138 valence electrons. The van der Waals surface area contributed by atoms with Crippen molar-refractivity contribution < 1.29 is 9.53 Å². The number of halogens is 1. The summed E-state index contributed by atoms with van der Waals surface area (Å²) >= 11 is 6.19. The predicted molar refractivity (Wildman–Crippen MR) is 105 cm³/mol. The van der Waals surface area contributed by atoms with Gasteiger partial charge in [-0.3, -0.25) is 0 Å². The molecule has 27 heavy (non-hydrogen) atoms. The van der Waals surface area contributed by atoms with Gasteiger partial charge in [-0.15, -0.1) is 5.10 Å². The van der Waals surface area contributed by atoms with Crippen molar-refractivity contribution in [2.24, 2.45) is 0 Å². The Balaban J connectivity index is 1.83. The van der Waals surface area contributed by atoms with Gasteiger partial charge in [0.25, 0.3) is 0 Å². The number of hydrogen-bond acceptors (Lipinski definition) is 7. The summed E-state index contributed by atoms with van der Waals surface area (Å²) in [5.74, 6) is 0.310. The second-order valence-electron chi connectivity index (χ2n) is 5.98. The number of anilines is 4. The van der Waals surface area contributed by atoms with Gasteiger partial charge in [-0.2, -0.15) is 10.1 Å². The van der Waals surface area contributed by atoms with Crippen molar-refractivity contribution >= 4 is 40.7 Å². The molecule has 0 spiro atoms. The molecule has 0 unspecified atom stereocenters. The zero-order valence-corrected chi connectivity index (χ0v) is 15.8. The molecular formula is C19H18ClN5O2. The Kier molecular flexibility index (Phi) is 5.52. The number of rotatable bonds is 5. The van der Waals surface area contributed by atoms with Crippen molar-refractivity contribution in [1.82, 2.24) is 15.2 Å². The summed E-state index contributed by atoms with van der Waals surface area (Å²) in [6.07, 6.45) is 1.52. The lowest BCUT2D eigenvalue weighted by Gasteiger charge is -2.10. The normalized spacial score (nSPS) is 10.4. The van der Waals surface area contributed by atoms with Crippen LogP contribution in [0.2, 0.25) is 5.02 Å². The number of carbonyl (C=O) groups is 1. The first-order valence-electron chi connectivity index (χ1n) is 8.14. The second-order valence-corrected chi connectivity index (χ2v) is 6.39. The van der Waals surface area contributed by atoms with E-state index in [0.717, 1.165) is 16.8 Å². The Morgan fingerprint density at radius 2 is 1.81 bits per heavy atom. The lowest BCUT2D eigenvalue weighted by molar-refractivity contribution is 0.0601. The van der Waals surface area contributed by atoms with Crippen molar-refractivity contribution in [1.29, 1.82) is 0 Å². The van der Waals surface area contributed by atoms with E-state index in [2.05, 4.69) is 31.9 Å². The number of methoxy groups -OCH3 is 1. The first kappa shape index (κ1) is 18.6. The minimum atomic E-state index is -0.459. The van der Waals surface area contributed by atoms with Crippen molar-refractivity contribution in [3.63, 3.8) is 0 Å². The molecule has 2 N–H and O–H groups in total. The Bertz CT molecular complexity index is 973. The number of ether oxygens (including phenoxy) is 1. The Labute approximate surface area is 161 Å². The SMILES string of the molecule is COC(=O)c1ccc(Cl)c(Nc2nncc(Nc3cc(C)cc(C)c3)n2)c1. The van der Waals surface area contributed by atoms with Gasteiger partial charge < -0.3 is 15.4 Å². The third-order valence-corrected chi connectivity index (χ3v) is 4.02. The average Bonchev–Trinajstić information content (AvgIpc) is 2.62. The number of esters is 1. The number of aryl methyl sites for hydroxylation is 2. The maximum Gasteiger partial charge on any atom is 0.337 e. The van der Waals surface area contributed by atoms with Crippen LogP contribution in [-0.2, 0) is 4.74 Å². The van der Waals surface area contributed by atoms with Crippen LogP contribution in [0, 0.1) is 13.8 Å². The fraction of sp³-hybridized carbons (Fsp3) is 0.158. The molecule has 3 aromatic rings. The maximum absolute atomic E-state index is 11.7. The topological polar surface area (TPSA) is 89.0 Å². The van der Waals surface area contributed by atoms with E-state index in [4.69, 9.17) is 16.3 Å². The van der Waals surface area contributed by atoms with Gasteiger partial charge in [0.1, 0.15) is 0 Å². The molecule has 0 aliphatic carbocycles. The van der Waals surface area contributed by atoms with E-state index in [0.29, 0.717) is 22.1 Å². The fourth-order valence-corrected chi connectivity index (χ4v) is 2.76. The smallest absolute Gasteiger partial charge is 0.337 e. The van der Waals surface area contributed by atoms with Crippen LogP contribution in [0.4, 0.5) is 23.1 Å². The Morgan fingerprint density at radius 3 is 2.52 bits per heavy atom. The van der Waals surface area contributed by atoms with Crippen LogP contribution in [0.25, 0.3) is 0 Å². The molecule has 0 aliphatic rings. The van der Waals surface area contributed by atoms with Crippen molar-refractivity contribution in [2.45, 2.75) is 13.8 Å². The summed E-state index contributed by atoms with van der Waals surface area (Å²) in [6, 6.07) is 10.9. The summed E-state index contributed by atoms with van der Waals surface area (Å²) < 4.78 is 4.72. The van der Waals surface area contributed by atoms with Gasteiger partial charge in [-0.25, -0.2) is 4.79 Å². The quantitative estimate of drug-likeness (QED) is 0.630. The molecule has 0 amide bonds. The van der Waals surface area contributed by atoms with Gasteiger partial charge in [0.2, 0.25) is 5.95 Å². The number of nitrogens with one attached hydrogen (secondary N) is 2. The maximum atomic E-state index is 11.7. The zero-order chi connectivity index (χ0) is 19.4. The molecule has 0 radical (unpaired) electrons. The average molecular weight is 384 g/mol. The first-order valence-corrected chi connectivity index (χ1v) is 8.52. The molecule has 0 atom stereocenters. The van der Waals surface area contributed by atoms with Gasteiger partial charge in [-0.1, -0.05) is 17.7 Å². The second kappa shape index (κ2) is 8.01. The minimum Gasteiger partial charge on any atom is -0.465 e. The summed E-state index contributed by atoms with van der Waals surface area (Å²) in [5.41, 5.74) is 4.03. The summed E-state index contributed by atoms with van der Waals surface area (Å²) in [7, 11) is 1.32. The van der Waals surface area contributed by atoms with Gasteiger partial charge in [0.05, 0.1) is 29.6 Å². The zero-order valence-electron chi connectivity index (χ0n) is 15.1. The van der Waals surface area contributed by atoms with Crippen LogP contribution in [0.15, 0.2) is 42.6 Å². The summed E-state index contributed by atoms with van der Waals surface area (Å²) in [4.78, 5) is 16.1. The molecule has 0 bridgehead atoms. The lowest BCUT2D eigenvalue weighted by atomic mass is 10.1. The van der Waals surface area contributed by atoms with Crippen molar-refractivity contribution in [2.75, 3.05) is 17.7 Å². The van der Waals surface area contributed by atoms with Crippen LogP contribution in [0.5, 0.6) is 0 Å². The molecule has 0 aliphatic heterocycles. The van der Waals surface area contributed by atoms with E-state index in [1.54, 1.807) is 18.2 Å². The molecule has 1 heterocycles. The number of aromatic nitrogens is 3. The third-order valence-electron chi connectivity index (χ3n) is 3.69. The summed E-state index contributed by atoms with van der Waals surface area (Å²) in [6.45, 7) is 4.05. The molecule has 8 heteroatoms. The number of nitrogens with zero attached hydrogens (tertiary/aromatic N) is 3. The lowest BCUT2D eigenvalue weighted by Crippen LogP contribution is -2.05. The van der Waals surface area contributed by atoms with Gasteiger partial charge in [-0.05, 0) is 55.3 Å². The van der Waals surface area contributed by atoms with Crippen molar-refractivity contribution in [3.8, 4) is 0 Å². The third kappa shape index (κ3) is 4.71. The van der Waals surface area contributed by atoms with E-state index in [1.807, 2.05) is 26.0 Å². The van der Waals surface area contributed by atoms with Crippen LogP contribution in [-0.4, -0.2) is 28.3 Å². The first-order chi connectivity index (χ1) is 12.9. The highest BCUT2D eigenvalue weighted by Gasteiger charge is 2.11. The predicted octanol–water partition coefficient (Wildman–Crippen LogP) is 4.42. The molecule has 0 saturated carbocycles. The molecule has 0 fully saturated rings. The van der Waals surface area contributed by atoms with Crippen LogP contribution >= 0.6 is 11.6 Å². The van der Waals surface area contributed by atoms with Crippen LogP contribution < -0.4 is 10.6 Å². The number of benzene rings is 2. The Morgan fingerprint density at radius 1 is 1.07 bits per heavy atom. The monoisotopic (exact) mass is 383 g/mol. The van der Waals surface area contributed by atoms with Gasteiger partial charge >= 0.3 is 5.97 Å². The van der Waals surface area contributed by atoms with E-state index >= 15 is 0 Å². The summed E-state index contributed by atoms with van der Waals surface area (Å²) in [5, 5.41) is 14.5. The number of hydrogen-bond donors (Lipinski definition) is 2. The van der Waals surface area contributed by atoms with Crippen LogP contribution in [0.1, 0.15) is 21.5 Å². The molecule has 7 nitrogen and oxygen atoms in total. The fourth-order valence-electron chi connectivity index (χ4n) is 2.60. The standard InChI is InChI=1S/C19H18ClN5O2/c1-11-6-12(2)8-14(7-11)22-17-10-21-25-19(24-17)23-16-9-13(18(26)27-3)4-5-15(16)20/h4-10H,1-3H3,(H2,22,23,24,25). The minimum absolute atomic E-state index is 0.244. The highest BCUT2D eigenvalue weighted by atomic mass is 35.5. The van der Waals surface area contributed by atoms with Crippen molar-refractivity contribution in [3.05, 3.63) is 64.3 Å². The highest BCUT2D eigenvalue weighted by Crippen LogP contribution is 2.26. The van der Waals surface area contributed by atoms with E-state index in [-0.39, 0.29) is 5.95 Å². The molecule has 2 aromatic carbocycles. The van der Waals surface area contributed by atoms with E-state index in [9.17, 15) is 4.79 Å². The number of carbonyl (C=O) groups excluding carboxylic acids is 1. The Hall–Kier alpha value is -3.19. The van der Waals surface area contributed by atoms with Gasteiger partial charge in [0.15, 0.2) is 5.82 Å².